The molecule has 0 spiro atoms. The van der Waals surface area contributed by atoms with E-state index in [2.05, 4.69) is 0 Å². The number of rotatable bonds is 8. The van der Waals surface area contributed by atoms with E-state index >= 15 is 0 Å². The number of aliphatic carboxylic acids is 2. The molecule has 0 bridgehead atoms. The number of nitro groups is 1. The van der Waals surface area contributed by atoms with Gasteiger partial charge in [-0.3, -0.25) is 10.1 Å². The standard InChI is InChI=1S/C21H26N2O6/c1-5-9-16-18(20(26)27)21(6-2,14-10-8-11-15(12-14)23(28)29)17(19(24)25)13(4)22(16)7-3/h8,10-12H,5-7,9H2,1-4H3,(H,24,25)(H,26,27). The van der Waals surface area contributed by atoms with Crippen molar-refractivity contribution in [1.29, 1.82) is 0 Å². The molecule has 8 nitrogen and oxygen atoms in total. The molecule has 0 saturated carbocycles. The lowest BCUT2D eigenvalue weighted by molar-refractivity contribution is -0.385. The smallest absolute Gasteiger partial charge is 0.334 e. The quantitative estimate of drug-likeness (QED) is 0.496. The highest BCUT2D eigenvalue weighted by atomic mass is 16.6. The molecule has 29 heavy (non-hydrogen) atoms. The van der Waals surface area contributed by atoms with Crippen LogP contribution < -0.4 is 0 Å². The van der Waals surface area contributed by atoms with E-state index in [0.29, 0.717) is 36.3 Å². The molecule has 1 aromatic carbocycles. The highest BCUT2D eigenvalue weighted by Crippen LogP contribution is 2.50. The lowest BCUT2D eigenvalue weighted by Gasteiger charge is -2.45. The fraction of sp³-hybridized carbons (Fsp3) is 0.429. The van der Waals surface area contributed by atoms with Crippen molar-refractivity contribution in [1.82, 2.24) is 4.90 Å². The average Bonchev–Trinajstić information content (AvgIpc) is 2.67. The molecule has 2 rings (SSSR count). The number of benzene rings is 1. The average molecular weight is 402 g/mol. The molecule has 0 aromatic heterocycles. The molecular weight excluding hydrogens is 376 g/mol. The molecule has 1 heterocycles. The minimum absolute atomic E-state index is 0.0211. The fourth-order valence-electron chi connectivity index (χ4n) is 4.45. The first-order chi connectivity index (χ1) is 13.7. The molecule has 1 unspecified atom stereocenters. The van der Waals surface area contributed by atoms with Crippen LogP contribution in [0.5, 0.6) is 0 Å². The Hall–Kier alpha value is -3.16. The van der Waals surface area contributed by atoms with Crippen LogP contribution >= 0.6 is 0 Å². The van der Waals surface area contributed by atoms with Gasteiger partial charge in [-0.2, -0.15) is 0 Å². The van der Waals surface area contributed by atoms with Crippen LogP contribution in [-0.2, 0) is 15.0 Å². The maximum absolute atomic E-state index is 12.5. The van der Waals surface area contributed by atoms with Crippen molar-refractivity contribution in [2.45, 2.75) is 52.4 Å². The van der Waals surface area contributed by atoms with Crippen molar-refractivity contribution in [3.05, 3.63) is 62.5 Å². The Morgan fingerprint density at radius 3 is 2.21 bits per heavy atom. The zero-order valence-corrected chi connectivity index (χ0v) is 17.1. The van der Waals surface area contributed by atoms with E-state index in [9.17, 15) is 29.9 Å². The number of carboxylic acid groups (broad SMARTS) is 2. The summed E-state index contributed by atoms with van der Waals surface area (Å²) in [5.41, 5.74) is -0.471. The summed E-state index contributed by atoms with van der Waals surface area (Å²) < 4.78 is 0. The summed E-state index contributed by atoms with van der Waals surface area (Å²) in [4.78, 5) is 37.4. The van der Waals surface area contributed by atoms with E-state index in [1.54, 1.807) is 24.8 Å². The number of nitro benzene ring substituents is 1. The summed E-state index contributed by atoms with van der Waals surface area (Å²) in [6.07, 6.45) is 1.27. The third-order valence-corrected chi connectivity index (χ3v) is 5.55. The van der Waals surface area contributed by atoms with Gasteiger partial charge in [0.05, 0.1) is 21.5 Å². The van der Waals surface area contributed by atoms with Crippen molar-refractivity contribution < 1.29 is 24.7 Å². The van der Waals surface area contributed by atoms with Crippen LogP contribution in [0.2, 0.25) is 0 Å². The maximum Gasteiger partial charge on any atom is 0.334 e. The first-order valence-electron chi connectivity index (χ1n) is 9.61. The van der Waals surface area contributed by atoms with Crippen LogP contribution in [-0.4, -0.2) is 38.5 Å². The second-order valence-corrected chi connectivity index (χ2v) is 6.95. The second kappa shape index (κ2) is 8.46. The molecule has 0 saturated heterocycles. The van der Waals surface area contributed by atoms with Gasteiger partial charge in [-0.25, -0.2) is 9.59 Å². The van der Waals surface area contributed by atoms with Gasteiger partial charge in [-0.1, -0.05) is 32.4 Å². The van der Waals surface area contributed by atoms with E-state index in [0.717, 1.165) is 0 Å². The summed E-state index contributed by atoms with van der Waals surface area (Å²) in [6, 6.07) is 5.63. The van der Waals surface area contributed by atoms with Crippen molar-refractivity contribution in [2.24, 2.45) is 0 Å². The number of carboxylic acids is 2. The SMILES string of the molecule is CCCC1=C(C(=O)O)C(CC)(c2cccc([N+](=O)[O-])c2)C(C(=O)O)=C(C)N1CC. The molecule has 1 aliphatic rings. The monoisotopic (exact) mass is 402 g/mol. The molecular formula is C21H26N2O6. The summed E-state index contributed by atoms with van der Waals surface area (Å²) in [5.74, 6) is -2.45. The first-order valence-corrected chi connectivity index (χ1v) is 9.61. The van der Waals surface area contributed by atoms with Crippen molar-refractivity contribution in [3.63, 3.8) is 0 Å². The normalized spacial score (nSPS) is 19.5. The number of allylic oxidation sites excluding steroid dienone is 2. The summed E-state index contributed by atoms with van der Waals surface area (Å²) in [5, 5.41) is 31.6. The van der Waals surface area contributed by atoms with Crippen molar-refractivity contribution in [3.8, 4) is 0 Å². The Bertz CT molecular complexity index is 918. The van der Waals surface area contributed by atoms with Gasteiger partial charge in [-0.15, -0.1) is 0 Å². The topological polar surface area (TPSA) is 121 Å². The third-order valence-electron chi connectivity index (χ3n) is 5.55. The molecule has 2 N–H and O–H groups in total. The highest BCUT2D eigenvalue weighted by Gasteiger charge is 2.51. The minimum Gasteiger partial charge on any atom is -0.478 e. The number of hydrogen-bond donors (Lipinski definition) is 2. The largest absolute Gasteiger partial charge is 0.478 e. The highest BCUT2D eigenvalue weighted by molar-refractivity contribution is 6.00. The lowest BCUT2D eigenvalue weighted by Crippen LogP contribution is -2.46. The van der Waals surface area contributed by atoms with Crippen molar-refractivity contribution >= 4 is 17.6 Å². The van der Waals surface area contributed by atoms with E-state index in [4.69, 9.17) is 0 Å². The predicted molar refractivity (Wildman–Crippen MR) is 107 cm³/mol. The van der Waals surface area contributed by atoms with E-state index in [1.165, 1.54) is 18.2 Å². The Labute approximate surface area is 169 Å². The van der Waals surface area contributed by atoms with E-state index in [1.807, 2.05) is 13.8 Å². The van der Waals surface area contributed by atoms with Crippen LogP contribution in [0, 0.1) is 10.1 Å². The van der Waals surface area contributed by atoms with Gasteiger partial charge in [0.15, 0.2) is 0 Å². The molecule has 0 radical (unpaired) electrons. The zero-order chi connectivity index (χ0) is 21.9. The number of nitrogens with zero attached hydrogens (tertiary/aromatic N) is 2. The maximum atomic E-state index is 12.5. The fourth-order valence-corrected chi connectivity index (χ4v) is 4.45. The Morgan fingerprint density at radius 1 is 1.14 bits per heavy atom. The van der Waals surface area contributed by atoms with Gasteiger partial charge >= 0.3 is 11.9 Å². The Kier molecular flexibility index (Phi) is 6.46. The van der Waals surface area contributed by atoms with E-state index in [-0.39, 0.29) is 23.3 Å². The second-order valence-electron chi connectivity index (χ2n) is 6.95. The van der Waals surface area contributed by atoms with Gasteiger partial charge in [0.2, 0.25) is 0 Å². The molecule has 1 aliphatic heterocycles. The van der Waals surface area contributed by atoms with Crippen LogP contribution in [0.4, 0.5) is 5.69 Å². The number of carbonyl (C=O) groups is 2. The lowest BCUT2D eigenvalue weighted by atomic mass is 9.63. The Morgan fingerprint density at radius 2 is 1.76 bits per heavy atom. The Balaban J connectivity index is 3.04. The van der Waals surface area contributed by atoms with Gasteiger partial charge in [0.1, 0.15) is 0 Å². The molecule has 0 amide bonds. The predicted octanol–water partition coefficient (Wildman–Crippen LogP) is 4.08. The molecule has 0 fully saturated rings. The summed E-state index contributed by atoms with van der Waals surface area (Å²) in [7, 11) is 0. The van der Waals surface area contributed by atoms with Gasteiger partial charge in [-0.05, 0) is 32.3 Å². The van der Waals surface area contributed by atoms with Crippen LogP contribution in [0.1, 0.15) is 52.5 Å². The van der Waals surface area contributed by atoms with Crippen molar-refractivity contribution in [2.75, 3.05) is 6.54 Å². The summed E-state index contributed by atoms with van der Waals surface area (Å²) in [6.45, 7) is 7.56. The third kappa shape index (κ3) is 3.50. The van der Waals surface area contributed by atoms with E-state index < -0.39 is 22.3 Å². The molecule has 0 aliphatic carbocycles. The minimum atomic E-state index is -1.50. The molecule has 156 valence electrons. The van der Waals surface area contributed by atoms with Gasteiger partial charge in [0, 0.05) is 30.1 Å². The van der Waals surface area contributed by atoms with Gasteiger partial charge < -0.3 is 15.1 Å². The summed E-state index contributed by atoms with van der Waals surface area (Å²) >= 11 is 0. The molecule has 1 atom stereocenters. The van der Waals surface area contributed by atoms with Crippen LogP contribution in [0.3, 0.4) is 0 Å². The van der Waals surface area contributed by atoms with Crippen LogP contribution in [0.15, 0.2) is 46.8 Å². The number of hydrogen-bond acceptors (Lipinski definition) is 5. The number of non-ortho nitro benzene ring substituents is 1. The molecule has 8 heteroatoms. The van der Waals surface area contributed by atoms with Crippen LogP contribution in [0.25, 0.3) is 0 Å². The van der Waals surface area contributed by atoms with Gasteiger partial charge in [0.25, 0.3) is 5.69 Å². The molecule has 1 aromatic rings. The first kappa shape index (κ1) is 22.1. The zero-order valence-electron chi connectivity index (χ0n) is 17.1.